The SMILES string of the molecule is Cc1cc(C)n(-c2ccc(C(=O)N[C@@H](C)CN)cn2)n1. The smallest absolute Gasteiger partial charge is 0.253 e. The molecular formula is C14H19N5O. The van der Waals surface area contributed by atoms with E-state index in [0.29, 0.717) is 17.9 Å². The third-order valence-electron chi connectivity index (χ3n) is 2.97. The number of carbonyl (C=O) groups excluding carboxylic acids is 1. The Balaban J connectivity index is 2.18. The van der Waals surface area contributed by atoms with Crippen molar-refractivity contribution >= 4 is 5.91 Å². The van der Waals surface area contributed by atoms with Crippen molar-refractivity contribution in [3.63, 3.8) is 0 Å². The summed E-state index contributed by atoms with van der Waals surface area (Å²) in [4.78, 5) is 16.2. The molecule has 0 aromatic carbocycles. The molecule has 0 aliphatic carbocycles. The average Bonchev–Trinajstić information content (AvgIpc) is 2.77. The van der Waals surface area contributed by atoms with Crippen LogP contribution >= 0.6 is 0 Å². The van der Waals surface area contributed by atoms with Gasteiger partial charge in [0.15, 0.2) is 5.82 Å². The van der Waals surface area contributed by atoms with Crippen molar-refractivity contribution in [2.45, 2.75) is 26.8 Å². The molecule has 0 saturated heterocycles. The summed E-state index contributed by atoms with van der Waals surface area (Å²) in [5, 5.41) is 7.15. The largest absolute Gasteiger partial charge is 0.348 e. The van der Waals surface area contributed by atoms with Gasteiger partial charge < -0.3 is 11.1 Å². The number of nitrogens with one attached hydrogen (secondary N) is 1. The van der Waals surface area contributed by atoms with Crippen LogP contribution in [-0.2, 0) is 0 Å². The number of pyridine rings is 1. The van der Waals surface area contributed by atoms with Gasteiger partial charge in [-0.15, -0.1) is 0 Å². The van der Waals surface area contributed by atoms with Crippen molar-refractivity contribution in [1.29, 1.82) is 0 Å². The monoisotopic (exact) mass is 273 g/mol. The molecule has 106 valence electrons. The number of nitrogens with zero attached hydrogens (tertiary/aromatic N) is 3. The Hall–Kier alpha value is -2.21. The van der Waals surface area contributed by atoms with Crippen molar-refractivity contribution in [3.8, 4) is 5.82 Å². The molecule has 3 N–H and O–H groups in total. The maximum absolute atomic E-state index is 11.9. The number of hydrogen-bond donors (Lipinski definition) is 2. The van der Waals surface area contributed by atoms with E-state index in [1.54, 1.807) is 23.0 Å². The molecule has 0 fully saturated rings. The van der Waals surface area contributed by atoms with Crippen LogP contribution in [0.15, 0.2) is 24.4 Å². The first kappa shape index (κ1) is 14.2. The van der Waals surface area contributed by atoms with Gasteiger partial charge in [0.1, 0.15) is 0 Å². The van der Waals surface area contributed by atoms with E-state index in [0.717, 1.165) is 11.4 Å². The summed E-state index contributed by atoms with van der Waals surface area (Å²) in [7, 11) is 0. The van der Waals surface area contributed by atoms with E-state index < -0.39 is 0 Å². The standard InChI is InChI=1S/C14H19N5O/c1-9-6-11(3)19(18-9)13-5-4-12(8-16-13)14(20)17-10(2)7-15/h4-6,8,10H,7,15H2,1-3H3,(H,17,20)/t10-/m0/s1. The Bertz CT molecular complexity index is 603. The minimum atomic E-state index is -0.171. The lowest BCUT2D eigenvalue weighted by atomic mass is 10.2. The molecule has 1 amide bonds. The van der Waals surface area contributed by atoms with Crippen LogP contribution in [0.3, 0.4) is 0 Å². The molecule has 6 heteroatoms. The van der Waals surface area contributed by atoms with Crippen molar-refractivity contribution in [2.75, 3.05) is 6.54 Å². The molecule has 0 unspecified atom stereocenters. The number of nitrogens with two attached hydrogens (primary N) is 1. The summed E-state index contributed by atoms with van der Waals surface area (Å²) in [6, 6.07) is 5.43. The number of hydrogen-bond acceptors (Lipinski definition) is 4. The van der Waals surface area contributed by atoms with Gasteiger partial charge >= 0.3 is 0 Å². The summed E-state index contributed by atoms with van der Waals surface area (Å²) < 4.78 is 1.75. The van der Waals surface area contributed by atoms with E-state index in [9.17, 15) is 4.79 Å². The highest BCUT2D eigenvalue weighted by molar-refractivity contribution is 5.94. The predicted octanol–water partition coefficient (Wildman–Crippen LogP) is 0.961. The molecule has 2 rings (SSSR count). The lowest BCUT2D eigenvalue weighted by Gasteiger charge is -2.11. The van der Waals surface area contributed by atoms with Crippen LogP contribution < -0.4 is 11.1 Å². The van der Waals surface area contributed by atoms with Crippen molar-refractivity contribution in [2.24, 2.45) is 5.73 Å². The van der Waals surface area contributed by atoms with Crippen LogP contribution in [0.4, 0.5) is 0 Å². The topological polar surface area (TPSA) is 85.8 Å². The maximum Gasteiger partial charge on any atom is 0.253 e. The zero-order valence-corrected chi connectivity index (χ0v) is 11.9. The number of rotatable bonds is 4. The van der Waals surface area contributed by atoms with E-state index in [-0.39, 0.29) is 11.9 Å². The van der Waals surface area contributed by atoms with E-state index >= 15 is 0 Å². The fourth-order valence-corrected chi connectivity index (χ4v) is 1.87. The number of amides is 1. The van der Waals surface area contributed by atoms with E-state index in [1.165, 1.54) is 0 Å². The van der Waals surface area contributed by atoms with Gasteiger partial charge in [-0.25, -0.2) is 9.67 Å². The average molecular weight is 273 g/mol. The second-order valence-electron chi connectivity index (χ2n) is 4.85. The molecule has 6 nitrogen and oxygen atoms in total. The summed E-state index contributed by atoms with van der Waals surface area (Å²) in [6.07, 6.45) is 1.55. The van der Waals surface area contributed by atoms with Gasteiger partial charge in [0.25, 0.3) is 5.91 Å². The van der Waals surface area contributed by atoms with Crippen LogP contribution in [0.1, 0.15) is 28.7 Å². The first-order chi connectivity index (χ1) is 9.51. The Morgan fingerprint density at radius 3 is 2.70 bits per heavy atom. The highest BCUT2D eigenvalue weighted by Crippen LogP contribution is 2.10. The normalized spacial score (nSPS) is 12.2. The molecule has 1 atom stereocenters. The Morgan fingerprint density at radius 1 is 1.45 bits per heavy atom. The molecule has 2 aromatic heterocycles. The highest BCUT2D eigenvalue weighted by atomic mass is 16.1. The van der Waals surface area contributed by atoms with Gasteiger partial charge in [-0.05, 0) is 39.0 Å². The molecule has 2 heterocycles. The number of aryl methyl sites for hydroxylation is 2. The second-order valence-corrected chi connectivity index (χ2v) is 4.85. The van der Waals surface area contributed by atoms with Crippen molar-refractivity contribution in [3.05, 3.63) is 41.3 Å². The Labute approximate surface area is 118 Å². The van der Waals surface area contributed by atoms with E-state index in [1.807, 2.05) is 26.8 Å². The quantitative estimate of drug-likeness (QED) is 0.869. The lowest BCUT2D eigenvalue weighted by Crippen LogP contribution is -2.37. The summed E-state index contributed by atoms with van der Waals surface area (Å²) in [5.41, 5.74) is 7.92. The second kappa shape index (κ2) is 5.83. The van der Waals surface area contributed by atoms with Crippen LogP contribution in [0.2, 0.25) is 0 Å². The number of carbonyl (C=O) groups is 1. The molecule has 0 radical (unpaired) electrons. The van der Waals surface area contributed by atoms with Crippen LogP contribution in [0.5, 0.6) is 0 Å². The summed E-state index contributed by atoms with van der Waals surface area (Å²) in [6.45, 7) is 6.16. The third-order valence-corrected chi connectivity index (χ3v) is 2.97. The predicted molar refractivity (Wildman–Crippen MR) is 76.8 cm³/mol. The van der Waals surface area contributed by atoms with E-state index in [4.69, 9.17) is 5.73 Å². The van der Waals surface area contributed by atoms with Crippen molar-refractivity contribution in [1.82, 2.24) is 20.1 Å². The van der Waals surface area contributed by atoms with Gasteiger partial charge in [0.05, 0.1) is 11.3 Å². The van der Waals surface area contributed by atoms with Gasteiger partial charge in [-0.3, -0.25) is 4.79 Å². The van der Waals surface area contributed by atoms with Crippen LogP contribution in [0, 0.1) is 13.8 Å². The fraction of sp³-hybridized carbons (Fsp3) is 0.357. The molecular weight excluding hydrogens is 254 g/mol. The van der Waals surface area contributed by atoms with Crippen molar-refractivity contribution < 1.29 is 4.79 Å². The van der Waals surface area contributed by atoms with Crippen LogP contribution in [-0.4, -0.2) is 33.3 Å². The zero-order valence-electron chi connectivity index (χ0n) is 11.9. The fourth-order valence-electron chi connectivity index (χ4n) is 1.87. The van der Waals surface area contributed by atoms with Gasteiger partial charge in [0, 0.05) is 24.5 Å². The third kappa shape index (κ3) is 3.03. The molecule has 2 aromatic rings. The Kier molecular flexibility index (Phi) is 4.14. The highest BCUT2D eigenvalue weighted by Gasteiger charge is 2.10. The first-order valence-electron chi connectivity index (χ1n) is 6.52. The van der Waals surface area contributed by atoms with Gasteiger partial charge in [-0.1, -0.05) is 0 Å². The summed E-state index contributed by atoms with van der Waals surface area (Å²) >= 11 is 0. The first-order valence-corrected chi connectivity index (χ1v) is 6.52. The Morgan fingerprint density at radius 2 is 2.20 bits per heavy atom. The van der Waals surface area contributed by atoms with E-state index in [2.05, 4.69) is 15.4 Å². The molecule has 0 spiro atoms. The molecule has 0 aliphatic heterocycles. The number of aromatic nitrogens is 3. The lowest BCUT2D eigenvalue weighted by molar-refractivity contribution is 0.0941. The van der Waals surface area contributed by atoms with Gasteiger partial charge in [0.2, 0.25) is 0 Å². The van der Waals surface area contributed by atoms with Gasteiger partial charge in [-0.2, -0.15) is 5.10 Å². The summed E-state index contributed by atoms with van der Waals surface area (Å²) in [5.74, 6) is 0.523. The van der Waals surface area contributed by atoms with Crippen LogP contribution in [0.25, 0.3) is 5.82 Å². The molecule has 0 bridgehead atoms. The zero-order chi connectivity index (χ0) is 14.7. The minimum absolute atomic E-state index is 0.0572. The maximum atomic E-state index is 11.9. The molecule has 20 heavy (non-hydrogen) atoms. The minimum Gasteiger partial charge on any atom is -0.348 e. The molecule has 0 saturated carbocycles. The molecule has 0 aliphatic rings.